The summed E-state index contributed by atoms with van der Waals surface area (Å²) in [4.78, 5) is 14.8. The molecule has 0 saturated heterocycles. The highest BCUT2D eigenvalue weighted by Gasteiger charge is 2.31. The molecule has 3 aromatic rings. The van der Waals surface area contributed by atoms with Crippen LogP contribution in [0.15, 0.2) is 24.7 Å². The zero-order chi connectivity index (χ0) is 18.7. The number of hydrogen-bond donors (Lipinski definition) is 3. The minimum atomic E-state index is -4.53. The van der Waals surface area contributed by atoms with Gasteiger partial charge >= 0.3 is 6.18 Å². The average molecular weight is 362 g/mol. The van der Waals surface area contributed by atoms with Gasteiger partial charge in [-0.25, -0.2) is 15.0 Å². The quantitative estimate of drug-likeness (QED) is 0.602. The van der Waals surface area contributed by atoms with Gasteiger partial charge in [-0.2, -0.15) is 18.4 Å². The van der Waals surface area contributed by atoms with Gasteiger partial charge < -0.3 is 15.4 Å². The van der Waals surface area contributed by atoms with Gasteiger partial charge in [0.25, 0.3) is 0 Å². The molecular weight excluding hydrogens is 349 g/mol. The highest BCUT2D eigenvalue weighted by molar-refractivity contribution is 5.94. The number of nitrogens with zero attached hydrogens (tertiary/aromatic N) is 4. The summed E-state index contributed by atoms with van der Waals surface area (Å²) in [6.45, 7) is 0.403. The lowest BCUT2D eigenvalue weighted by Gasteiger charge is -2.08. The van der Waals surface area contributed by atoms with Crippen LogP contribution in [0.2, 0.25) is 0 Å². The van der Waals surface area contributed by atoms with Crippen molar-refractivity contribution in [3.05, 3.63) is 35.8 Å². The molecular formula is C16H13F3N6O. The maximum Gasteiger partial charge on any atom is 0.417 e. The number of aliphatic hydroxyl groups is 1. The van der Waals surface area contributed by atoms with E-state index in [4.69, 9.17) is 5.11 Å². The SMILES string of the molecule is N#Cc1cnc(NCCCO)nc1-c1c[nH]c2ncc(C(F)(F)F)cc12. The second-order valence-electron chi connectivity index (χ2n) is 5.39. The minimum absolute atomic E-state index is 0.00945. The van der Waals surface area contributed by atoms with E-state index in [1.807, 2.05) is 6.07 Å². The van der Waals surface area contributed by atoms with Gasteiger partial charge in [0, 0.05) is 36.5 Å². The van der Waals surface area contributed by atoms with E-state index in [-0.39, 0.29) is 34.8 Å². The normalized spacial score (nSPS) is 11.5. The molecule has 26 heavy (non-hydrogen) atoms. The first-order valence-corrected chi connectivity index (χ1v) is 7.60. The molecule has 0 aliphatic heterocycles. The number of aromatic amines is 1. The number of aromatic nitrogens is 4. The molecule has 0 atom stereocenters. The lowest BCUT2D eigenvalue weighted by molar-refractivity contribution is -0.137. The van der Waals surface area contributed by atoms with Crippen molar-refractivity contribution in [3.8, 4) is 17.3 Å². The second-order valence-corrected chi connectivity index (χ2v) is 5.39. The average Bonchev–Trinajstić information content (AvgIpc) is 3.04. The first-order chi connectivity index (χ1) is 12.4. The third-order valence-corrected chi connectivity index (χ3v) is 3.64. The fourth-order valence-corrected chi connectivity index (χ4v) is 2.39. The molecule has 3 aromatic heterocycles. The number of fused-ring (bicyclic) bond motifs is 1. The molecule has 0 aromatic carbocycles. The van der Waals surface area contributed by atoms with E-state index in [2.05, 4.69) is 25.3 Å². The summed E-state index contributed by atoms with van der Waals surface area (Å²) in [5.41, 5.74) is 0.00477. The van der Waals surface area contributed by atoms with Crippen molar-refractivity contribution >= 4 is 17.0 Å². The van der Waals surface area contributed by atoms with Crippen LogP contribution in [0, 0.1) is 11.3 Å². The van der Waals surface area contributed by atoms with Crippen LogP contribution in [0.3, 0.4) is 0 Å². The monoisotopic (exact) mass is 362 g/mol. The van der Waals surface area contributed by atoms with Crippen molar-refractivity contribution in [1.82, 2.24) is 19.9 Å². The molecule has 0 unspecified atom stereocenters. The van der Waals surface area contributed by atoms with Crippen molar-refractivity contribution in [1.29, 1.82) is 5.26 Å². The first-order valence-electron chi connectivity index (χ1n) is 7.60. The molecule has 10 heteroatoms. The topological polar surface area (TPSA) is 111 Å². The van der Waals surface area contributed by atoms with E-state index in [9.17, 15) is 18.4 Å². The molecule has 7 nitrogen and oxygen atoms in total. The summed E-state index contributed by atoms with van der Waals surface area (Å²) in [6.07, 6.45) is -0.557. The van der Waals surface area contributed by atoms with Crippen LogP contribution in [-0.2, 0) is 6.18 Å². The van der Waals surface area contributed by atoms with Crippen LogP contribution in [-0.4, -0.2) is 38.2 Å². The van der Waals surface area contributed by atoms with Gasteiger partial charge in [-0.3, -0.25) is 0 Å². The fraction of sp³-hybridized carbons (Fsp3) is 0.250. The number of H-pyrrole nitrogens is 1. The lowest BCUT2D eigenvalue weighted by Crippen LogP contribution is -2.08. The molecule has 134 valence electrons. The van der Waals surface area contributed by atoms with Gasteiger partial charge in [0.2, 0.25) is 5.95 Å². The summed E-state index contributed by atoms with van der Waals surface area (Å²) >= 11 is 0. The van der Waals surface area contributed by atoms with Gasteiger partial charge in [0.05, 0.1) is 23.0 Å². The number of pyridine rings is 1. The van der Waals surface area contributed by atoms with Crippen LogP contribution in [0.5, 0.6) is 0 Å². The van der Waals surface area contributed by atoms with E-state index in [1.54, 1.807) is 0 Å². The third-order valence-electron chi connectivity index (χ3n) is 3.64. The molecule has 3 heterocycles. The van der Waals surface area contributed by atoms with E-state index in [1.165, 1.54) is 12.4 Å². The predicted molar refractivity (Wildman–Crippen MR) is 87.0 cm³/mol. The Kier molecular flexibility index (Phi) is 4.73. The maximum absolute atomic E-state index is 13.0. The Balaban J connectivity index is 2.10. The maximum atomic E-state index is 13.0. The molecule has 0 saturated carbocycles. The number of halogens is 3. The largest absolute Gasteiger partial charge is 0.417 e. The highest BCUT2D eigenvalue weighted by atomic mass is 19.4. The Bertz CT molecular complexity index is 976. The van der Waals surface area contributed by atoms with Crippen LogP contribution in [0.25, 0.3) is 22.3 Å². The Morgan fingerprint density at radius 2 is 2.08 bits per heavy atom. The molecule has 0 spiro atoms. The summed E-state index contributed by atoms with van der Waals surface area (Å²) in [5, 5.41) is 21.2. The number of rotatable bonds is 5. The zero-order valence-electron chi connectivity index (χ0n) is 13.3. The van der Waals surface area contributed by atoms with E-state index >= 15 is 0 Å². The lowest BCUT2D eigenvalue weighted by atomic mass is 10.1. The number of anilines is 1. The Hall–Kier alpha value is -3.19. The van der Waals surface area contributed by atoms with Gasteiger partial charge in [0.15, 0.2) is 0 Å². The molecule has 0 amide bonds. The second kappa shape index (κ2) is 6.97. The fourth-order valence-electron chi connectivity index (χ4n) is 2.39. The third kappa shape index (κ3) is 3.43. The summed E-state index contributed by atoms with van der Waals surface area (Å²) < 4.78 is 38.9. The van der Waals surface area contributed by atoms with E-state index in [0.717, 1.165) is 12.3 Å². The predicted octanol–water partition coefficient (Wildman–Crippen LogP) is 2.70. The molecule has 3 N–H and O–H groups in total. The summed E-state index contributed by atoms with van der Waals surface area (Å²) in [5.74, 6) is 0.210. The molecule has 0 aliphatic rings. The highest BCUT2D eigenvalue weighted by Crippen LogP contribution is 2.34. The van der Waals surface area contributed by atoms with Crippen molar-refractivity contribution in [2.45, 2.75) is 12.6 Å². The molecule has 3 rings (SSSR count). The van der Waals surface area contributed by atoms with E-state index < -0.39 is 11.7 Å². The number of nitriles is 1. The molecule has 0 radical (unpaired) electrons. The first kappa shape index (κ1) is 17.6. The van der Waals surface area contributed by atoms with Crippen LogP contribution >= 0.6 is 0 Å². The van der Waals surface area contributed by atoms with Gasteiger partial charge in [-0.1, -0.05) is 0 Å². The molecule has 0 aliphatic carbocycles. The number of aliphatic hydroxyl groups excluding tert-OH is 1. The van der Waals surface area contributed by atoms with Crippen molar-refractivity contribution in [2.24, 2.45) is 0 Å². The zero-order valence-corrected chi connectivity index (χ0v) is 13.3. The number of hydrogen-bond acceptors (Lipinski definition) is 6. The van der Waals surface area contributed by atoms with Crippen molar-refractivity contribution in [2.75, 3.05) is 18.5 Å². The summed E-state index contributed by atoms with van der Waals surface area (Å²) in [7, 11) is 0. The molecule has 0 fully saturated rings. The van der Waals surface area contributed by atoms with Crippen LogP contribution < -0.4 is 5.32 Å². The molecule has 0 bridgehead atoms. The minimum Gasteiger partial charge on any atom is -0.396 e. The van der Waals surface area contributed by atoms with Crippen molar-refractivity contribution < 1.29 is 18.3 Å². The van der Waals surface area contributed by atoms with E-state index in [0.29, 0.717) is 18.5 Å². The summed E-state index contributed by atoms with van der Waals surface area (Å²) in [6, 6.07) is 2.91. The Morgan fingerprint density at radius 1 is 1.27 bits per heavy atom. The smallest absolute Gasteiger partial charge is 0.396 e. The van der Waals surface area contributed by atoms with Gasteiger partial charge in [-0.05, 0) is 12.5 Å². The number of alkyl halides is 3. The standard InChI is InChI=1S/C16H13F3N6O/c17-16(18,19)10-4-11-12(8-23-14(11)22-7-10)13-9(5-20)6-24-15(25-13)21-2-1-3-26/h4,6-8,26H,1-3H2,(H,22,23)(H,21,24,25). The van der Waals surface area contributed by atoms with Gasteiger partial charge in [-0.15, -0.1) is 0 Å². The van der Waals surface area contributed by atoms with Crippen molar-refractivity contribution in [3.63, 3.8) is 0 Å². The Labute approximate surface area is 145 Å². The van der Waals surface area contributed by atoms with Crippen LogP contribution in [0.4, 0.5) is 19.1 Å². The Morgan fingerprint density at radius 3 is 2.77 bits per heavy atom. The van der Waals surface area contributed by atoms with Crippen LogP contribution in [0.1, 0.15) is 17.5 Å². The van der Waals surface area contributed by atoms with Gasteiger partial charge in [0.1, 0.15) is 11.7 Å². The number of nitrogens with one attached hydrogen (secondary N) is 2.